The number of hydrogen-bond acceptors (Lipinski definition) is 5. The first kappa shape index (κ1) is 18.9. The van der Waals surface area contributed by atoms with Gasteiger partial charge in [-0.25, -0.2) is 4.79 Å². The molecule has 3 rings (SSSR count). The fraction of sp³-hybridized carbons (Fsp3) is 0.158. The topological polar surface area (TPSA) is 123 Å². The van der Waals surface area contributed by atoms with Crippen LogP contribution in [-0.2, 0) is 4.79 Å². The van der Waals surface area contributed by atoms with Crippen molar-refractivity contribution in [1.29, 1.82) is 0 Å². The zero-order chi connectivity index (χ0) is 20.3. The summed E-state index contributed by atoms with van der Waals surface area (Å²) in [6.07, 6.45) is 0. The van der Waals surface area contributed by atoms with Crippen LogP contribution < -0.4 is 20.7 Å². The van der Waals surface area contributed by atoms with Crippen LogP contribution in [0.3, 0.4) is 0 Å². The van der Waals surface area contributed by atoms with Gasteiger partial charge in [-0.15, -0.1) is 0 Å². The third-order valence-corrected chi connectivity index (χ3v) is 4.26. The second kappa shape index (κ2) is 7.78. The van der Waals surface area contributed by atoms with Crippen molar-refractivity contribution in [3.05, 3.63) is 75.5 Å². The number of nitro groups is 1. The molecule has 9 heteroatoms. The van der Waals surface area contributed by atoms with E-state index in [4.69, 9.17) is 4.74 Å². The van der Waals surface area contributed by atoms with E-state index in [1.807, 2.05) is 0 Å². The summed E-state index contributed by atoms with van der Waals surface area (Å²) >= 11 is 0. The van der Waals surface area contributed by atoms with E-state index < -0.39 is 22.9 Å². The van der Waals surface area contributed by atoms with Crippen LogP contribution in [0, 0.1) is 10.1 Å². The quantitative estimate of drug-likeness (QED) is 0.542. The number of nitrogens with zero attached hydrogens (tertiary/aromatic N) is 1. The molecule has 1 heterocycles. The van der Waals surface area contributed by atoms with Crippen LogP contribution in [0.4, 0.5) is 16.2 Å². The molecule has 0 spiro atoms. The number of amides is 3. The number of ether oxygens (including phenoxy) is 1. The van der Waals surface area contributed by atoms with Gasteiger partial charge in [0.05, 0.1) is 23.6 Å². The van der Waals surface area contributed by atoms with Gasteiger partial charge in [-0.1, -0.05) is 18.2 Å². The second-order valence-electron chi connectivity index (χ2n) is 6.11. The predicted octanol–water partition coefficient (Wildman–Crippen LogP) is 2.87. The maximum Gasteiger partial charge on any atom is 0.319 e. The number of benzene rings is 2. The summed E-state index contributed by atoms with van der Waals surface area (Å²) in [5, 5.41) is 18.9. The fourth-order valence-electron chi connectivity index (χ4n) is 2.96. The molecular weight excluding hydrogens is 364 g/mol. The molecule has 3 N–H and O–H groups in total. The zero-order valence-corrected chi connectivity index (χ0v) is 15.2. The number of carbonyl (C=O) groups is 2. The highest BCUT2D eigenvalue weighted by Gasteiger charge is 2.31. The number of nitrogens with one attached hydrogen (secondary N) is 3. The summed E-state index contributed by atoms with van der Waals surface area (Å²) in [7, 11) is 1.52. The molecule has 2 aromatic carbocycles. The van der Waals surface area contributed by atoms with Gasteiger partial charge in [-0.2, -0.15) is 0 Å². The molecule has 0 bridgehead atoms. The molecule has 144 valence electrons. The van der Waals surface area contributed by atoms with Gasteiger partial charge < -0.3 is 20.7 Å². The minimum atomic E-state index is -0.706. The second-order valence-corrected chi connectivity index (χ2v) is 6.11. The number of non-ortho nitro benzene ring substituents is 1. The van der Waals surface area contributed by atoms with Crippen molar-refractivity contribution in [3.8, 4) is 5.75 Å². The number of allylic oxidation sites excluding steroid dienone is 1. The summed E-state index contributed by atoms with van der Waals surface area (Å²) in [5.74, 6) is 0.0969. The van der Waals surface area contributed by atoms with E-state index in [0.717, 1.165) is 0 Å². The summed E-state index contributed by atoms with van der Waals surface area (Å²) in [6, 6.07) is 11.5. The molecule has 0 saturated carbocycles. The van der Waals surface area contributed by atoms with Crippen LogP contribution in [-0.4, -0.2) is 24.0 Å². The predicted molar refractivity (Wildman–Crippen MR) is 102 cm³/mol. The highest BCUT2D eigenvalue weighted by molar-refractivity contribution is 6.06. The van der Waals surface area contributed by atoms with E-state index >= 15 is 0 Å². The molecule has 1 aliphatic rings. The first-order valence-electron chi connectivity index (χ1n) is 8.37. The monoisotopic (exact) mass is 382 g/mol. The molecule has 0 radical (unpaired) electrons. The lowest BCUT2D eigenvalue weighted by Gasteiger charge is -2.28. The number of rotatable bonds is 5. The first-order chi connectivity index (χ1) is 13.4. The lowest BCUT2D eigenvalue weighted by Crippen LogP contribution is -2.45. The van der Waals surface area contributed by atoms with E-state index in [1.165, 1.54) is 25.3 Å². The Kier molecular flexibility index (Phi) is 5.25. The number of carbonyl (C=O) groups excluding carboxylic acids is 2. The lowest BCUT2D eigenvalue weighted by atomic mass is 9.94. The largest absolute Gasteiger partial charge is 0.497 e. The molecule has 2 aromatic rings. The summed E-state index contributed by atoms with van der Waals surface area (Å²) in [6.45, 7) is 1.62. The van der Waals surface area contributed by atoms with Gasteiger partial charge in [0.2, 0.25) is 0 Å². The lowest BCUT2D eigenvalue weighted by molar-refractivity contribution is -0.384. The van der Waals surface area contributed by atoms with Gasteiger partial charge in [-0.05, 0) is 30.7 Å². The van der Waals surface area contributed by atoms with Gasteiger partial charge in [-0.3, -0.25) is 14.9 Å². The smallest absolute Gasteiger partial charge is 0.319 e. The SMILES string of the molecule is COc1cccc([C@H]2NC(=O)NC(C)=C2C(=O)Nc2cccc([N+](=O)[O-])c2)c1. The molecule has 0 fully saturated rings. The minimum Gasteiger partial charge on any atom is -0.497 e. The zero-order valence-electron chi connectivity index (χ0n) is 15.2. The van der Waals surface area contributed by atoms with E-state index in [0.29, 0.717) is 22.6 Å². The van der Waals surface area contributed by atoms with Crippen molar-refractivity contribution < 1.29 is 19.2 Å². The fourth-order valence-corrected chi connectivity index (χ4v) is 2.96. The number of methoxy groups -OCH3 is 1. The molecule has 0 saturated heterocycles. The van der Waals surface area contributed by atoms with Crippen molar-refractivity contribution in [2.75, 3.05) is 12.4 Å². The van der Waals surface area contributed by atoms with E-state index in [9.17, 15) is 19.7 Å². The van der Waals surface area contributed by atoms with Crippen molar-refractivity contribution in [3.63, 3.8) is 0 Å². The van der Waals surface area contributed by atoms with Gasteiger partial charge in [0, 0.05) is 23.5 Å². The number of hydrogen-bond donors (Lipinski definition) is 3. The Balaban J connectivity index is 1.94. The van der Waals surface area contributed by atoms with Crippen molar-refractivity contribution in [1.82, 2.24) is 10.6 Å². The number of anilines is 1. The molecular formula is C19H18N4O5. The Morgan fingerprint density at radius 3 is 2.68 bits per heavy atom. The summed E-state index contributed by atoms with van der Waals surface area (Å²) in [4.78, 5) is 35.3. The maximum absolute atomic E-state index is 12.9. The molecule has 9 nitrogen and oxygen atoms in total. The van der Waals surface area contributed by atoms with Gasteiger partial charge in [0.15, 0.2) is 0 Å². The average molecular weight is 382 g/mol. The first-order valence-corrected chi connectivity index (χ1v) is 8.37. The maximum atomic E-state index is 12.9. The Bertz CT molecular complexity index is 986. The Morgan fingerprint density at radius 1 is 1.21 bits per heavy atom. The number of nitro benzene ring substituents is 1. The Labute approximate surface area is 160 Å². The molecule has 0 unspecified atom stereocenters. The van der Waals surface area contributed by atoms with E-state index in [1.54, 1.807) is 37.3 Å². The van der Waals surface area contributed by atoms with Gasteiger partial charge in [0.25, 0.3) is 11.6 Å². The third kappa shape index (κ3) is 3.93. The average Bonchev–Trinajstić information content (AvgIpc) is 2.67. The minimum absolute atomic E-state index is 0.136. The van der Waals surface area contributed by atoms with Crippen molar-refractivity contribution in [2.24, 2.45) is 0 Å². The highest BCUT2D eigenvalue weighted by atomic mass is 16.6. The Morgan fingerprint density at radius 2 is 1.96 bits per heavy atom. The van der Waals surface area contributed by atoms with Crippen LogP contribution in [0.5, 0.6) is 5.75 Å². The molecule has 1 aliphatic heterocycles. The van der Waals surface area contributed by atoms with Crippen LogP contribution >= 0.6 is 0 Å². The van der Waals surface area contributed by atoms with Gasteiger partial charge in [0.1, 0.15) is 5.75 Å². The normalized spacial score (nSPS) is 16.1. The third-order valence-electron chi connectivity index (χ3n) is 4.26. The van der Waals surface area contributed by atoms with E-state index in [-0.39, 0.29) is 11.4 Å². The Hall–Kier alpha value is -3.88. The van der Waals surface area contributed by atoms with Crippen LogP contribution in [0.2, 0.25) is 0 Å². The van der Waals surface area contributed by atoms with Crippen LogP contribution in [0.15, 0.2) is 59.8 Å². The van der Waals surface area contributed by atoms with Crippen LogP contribution in [0.25, 0.3) is 0 Å². The van der Waals surface area contributed by atoms with E-state index in [2.05, 4.69) is 16.0 Å². The highest BCUT2D eigenvalue weighted by Crippen LogP contribution is 2.30. The van der Waals surface area contributed by atoms with Crippen LogP contribution in [0.1, 0.15) is 18.5 Å². The van der Waals surface area contributed by atoms with Crippen molar-refractivity contribution >= 4 is 23.3 Å². The van der Waals surface area contributed by atoms with Gasteiger partial charge >= 0.3 is 6.03 Å². The molecule has 3 amide bonds. The standard InChI is InChI=1S/C19H18N4O5/c1-11-16(18(24)21-13-6-4-7-14(10-13)23(26)27)17(22-19(25)20-11)12-5-3-8-15(9-12)28-2/h3-10,17H,1-2H3,(H,21,24)(H2,20,22,25)/t17-/m1/s1. The summed E-state index contributed by atoms with van der Waals surface area (Å²) < 4.78 is 5.22. The molecule has 1 atom stereocenters. The number of urea groups is 1. The van der Waals surface area contributed by atoms with Crippen molar-refractivity contribution in [2.45, 2.75) is 13.0 Å². The molecule has 28 heavy (non-hydrogen) atoms. The molecule has 0 aromatic heterocycles. The summed E-state index contributed by atoms with van der Waals surface area (Å²) in [5.41, 5.74) is 1.49. The molecule has 0 aliphatic carbocycles.